The normalized spacial score (nSPS) is 10.7. The lowest BCUT2D eigenvalue weighted by Gasteiger charge is -2.10. The molecule has 0 aliphatic carbocycles. The minimum absolute atomic E-state index is 0.0345. The number of carbonyl (C=O) groups excluding carboxylic acids is 1. The van der Waals surface area contributed by atoms with Crippen LogP contribution in [-0.2, 0) is 6.42 Å². The average molecular weight is 324 g/mol. The Morgan fingerprint density at radius 3 is 2.62 bits per heavy atom. The molecule has 0 spiro atoms. The van der Waals surface area contributed by atoms with Crippen LogP contribution < -0.4 is 4.74 Å². The molecule has 110 valence electrons. The summed E-state index contributed by atoms with van der Waals surface area (Å²) in [4.78, 5) is 16.3. The van der Waals surface area contributed by atoms with Gasteiger partial charge in [0, 0.05) is 18.2 Å². The van der Waals surface area contributed by atoms with E-state index in [-0.39, 0.29) is 18.3 Å². The standard InChI is InChI=1S/C16H15Cl2NO2/c1-10(2)21-13-7-12(8-19-9-13)16(20)6-11-3-4-14(17)15(18)5-11/h3-5,7-10H,6H2,1-2H3. The molecular weight excluding hydrogens is 309 g/mol. The Kier molecular flexibility index (Phi) is 5.21. The highest BCUT2D eigenvalue weighted by molar-refractivity contribution is 6.42. The second-order valence-corrected chi connectivity index (χ2v) is 5.74. The molecule has 1 aromatic carbocycles. The van der Waals surface area contributed by atoms with Gasteiger partial charge in [-0.15, -0.1) is 0 Å². The molecule has 1 aromatic heterocycles. The molecule has 0 N–H and O–H groups in total. The van der Waals surface area contributed by atoms with E-state index in [0.29, 0.717) is 21.4 Å². The van der Waals surface area contributed by atoms with Crippen molar-refractivity contribution in [2.24, 2.45) is 0 Å². The Labute approximate surface area is 133 Å². The maximum Gasteiger partial charge on any atom is 0.168 e. The summed E-state index contributed by atoms with van der Waals surface area (Å²) in [7, 11) is 0. The molecular formula is C16H15Cl2NO2. The predicted molar refractivity (Wildman–Crippen MR) is 84.5 cm³/mol. The summed E-state index contributed by atoms with van der Waals surface area (Å²) in [6, 6.07) is 6.87. The smallest absolute Gasteiger partial charge is 0.168 e. The number of benzene rings is 1. The Hall–Kier alpha value is -1.58. The fourth-order valence-corrected chi connectivity index (χ4v) is 2.17. The molecule has 2 rings (SSSR count). The molecule has 5 heteroatoms. The molecule has 0 saturated carbocycles. The van der Waals surface area contributed by atoms with Gasteiger partial charge in [-0.2, -0.15) is 0 Å². The number of ketones is 1. The van der Waals surface area contributed by atoms with Crippen molar-refractivity contribution in [2.75, 3.05) is 0 Å². The van der Waals surface area contributed by atoms with E-state index in [1.54, 1.807) is 30.5 Å². The van der Waals surface area contributed by atoms with Gasteiger partial charge in [-0.05, 0) is 37.6 Å². The number of rotatable bonds is 5. The zero-order valence-electron chi connectivity index (χ0n) is 11.8. The van der Waals surface area contributed by atoms with E-state index < -0.39 is 0 Å². The Morgan fingerprint density at radius 2 is 1.95 bits per heavy atom. The Bertz CT molecular complexity index is 656. The molecule has 0 saturated heterocycles. The van der Waals surface area contributed by atoms with Crippen LogP contribution in [0, 0.1) is 0 Å². The number of nitrogens with zero attached hydrogens (tertiary/aromatic N) is 1. The quantitative estimate of drug-likeness (QED) is 0.755. The molecule has 1 heterocycles. The van der Waals surface area contributed by atoms with E-state index in [2.05, 4.69) is 4.98 Å². The number of aromatic nitrogens is 1. The molecule has 0 radical (unpaired) electrons. The van der Waals surface area contributed by atoms with Gasteiger partial charge in [-0.1, -0.05) is 29.3 Å². The summed E-state index contributed by atoms with van der Waals surface area (Å²) in [5, 5.41) is 0.916. The number of carbonyl (C=O) groups is 1. The summed E-state index contributed by atoms with van der Waals surface area (Å²) in [5.41, 5.74) is 1.32. The van der Waals surface area contributed by atoms with Gasteiger partial charge in [0.25, 0.3) is 0 Å². The Balaban J connectivity index is 2.14. The van der Waals surface area contributed by atoms with Crippen molar-refractivity contribution in [3.8, 4) is 5.75 Å². The van der Waals surface area contributed by atoms with Gasteiger partial charge < -0.3 is 4.74 Å². The van der Waals surface area contributed by atoms with Crippen LogP contribution in [0.15, 0.2) is 36.7 Å². The van der Waals surface area contributed by atoms with Crippen molar-refractivity contribution in [1.82, 2.24) is 4.98 Å². The first kappa shape index (κ1) is 15.8. The highest BCUT2D eigenvalue weighted by atomic mass is 35.5. The largest absolute Gasteiger partial charge is 0.489 e. The molecule has 0 unspecified atom stereocenters. The van der Waals surface area contributed by atoms with E-state index in [1.807, 2.05) is 13.8 Å². The second-order valence-electron chi connectivity index (χ2n) is 4.92. The summed E-state index contributed by atoms with van der Waals surface area (Å²) in [5.74, 6) is 0.542. The number of Topliss-reactive ketones (excluding diaryl/α,β-unsaturated/α-hetero) is 1. The Morgan fingerprint density at radius 1 is 1.19 bits per heavy atom. The van der Waals surface area contributed by atoms with Crippen molar-refractivity contribution in [1.29, 1.82) is 0 Å². The number of hydrogen-bond acceptors (Lipinski definition) is 3. The number of ether oxygens (including phenoxy) is 1. The van der Waals surface area contributed by atoms with Crippen LogP contribution in [0.1, 0.15) is 29.8 Å². The number of pyridine rings is 1. The van der Waals surface area contributed by atoms with Crippen molar-refractivity contribution in [3.63, 3.8) is 0 Å². The van der Waals surface area contributed by atoms with Gasteiger partial charge in [-0.3, -0.25) is 9.78 Å². The zero-order chi connectivity index (χ0) is 15.4. The molecule has 0 fully saturated rings. The van der Waals surface area contributed by atoms with E-state index in [0.717, 1.165) is 5.56 Å². The lowest BCUT2D eigenvalue weighted by atomic mass is 10.0. The highest BCUT2D eigenvalue weighted by Gasteiger charge is 2.10. The van der Waals surface area contributed by atoms with Gasteiger partial charge in [0.2, 0.25) is 0 Å². The van der Waals surface area contributed by atoms with Crippen LogP contribution in [-0.4, -0.2) is 16.9 Å². The van der Waals surface area contributed by atoms with Crippen molar-refractivity contribution >= 4 is 29.0 Å². The molecule has 3 nitrogen and oxygen atoms in total. The minimum atomic E-state index is -0.0462. The fourth-order valence-electron chi connectivity index (χ4n) is 1.84. The van der Waals surface area contributed by atoms with E-state index >= 15 is 0 Å². The van der Waals surface area contributed by atoms with Crippen molar-refractivity contribution in [2.45, 2.75) is 26.4 Å². The van der Waals surface area contributed by atoms with E-state index in [1.165, 1.54) is 6.20 Å². The fraction of sp³-hybridized carbons (Fsp3) is 0.250. The van der Waals surface area contributed by atoms with Crippen LogP contribution in [0.2, 0.25) is 10.0 Å². The minimum Gasteiger partial charge on any atom is -0.489 e. The monoisotopic (exact) mass is 323 g/mol. The average Bonchev–Trinajstić information content (AvgIpc) is 2.42. The van der Waals surface area contributed by atoms with Gasteiger partial charge in [0.05, 0.1) is 22.3 Å². The third-order valence-corrected chi connectivity index (χ3v) is 3.49. The van der Waals surface area contributed by atoms with Crippen LogP contribution in [0.5, 0.6) is 5.75 Å². The molecule has 0 atom stereocenters. The lowest BCUT2D eigenvalue weighted by Crippen LogP contribution is -2.08. The van der Waals surface area contributed by atoms with Crippen molar-refractivity contribution < 1.29 is 9.53 Å². The first-order chi connectivity index (χ1) is 9.95. The topological polar surface area (TPSA) is 39.2 Å². The van der Waals surface area contributed by atoms with Crippen molar-refractivity contribution in [3.05, 3.63) is 57.8 Å². The van der Waals surface area contributed by atoms with Crippen LogP contribution >= 0.6 is 23.2 Å². The predicted octanol–water partition coefficient (Wildman–Crippen LogP) is 4.60. The van der Waals surface area contributed by atoms with Gasteiger partial charge >= 0.3 is 0 Å². The number of halogens is 2. The molecule has 0 aliphatic rings. The first-order valence-electron chi connectivity index (χ1n) is 6.54. The van der Waals surface area contributed by atoms with E-state index in [9.17, 15) is 4.79 Å². The summed E-state index contributed by atoms with van der Waals surface area (Å²) in [6.07, 6.45) is 3.40. The van der Waals surface area contributed by atoms with E-state index in [4.69, 9.17) is 27.9 Å². The van der Waals surface area contributed by atoms with Crippen LogP contribution in [0.3, 0.4) is 0 Å². The zero-order valence-corrected chi connectivity index (χ0v) is 13.3. The second kappa shape index (κ2) is 6.92. The SMILES string of the molecule is CC(C)Oc1cncc(C(=O)Cc2ccc(Cl)c(Cl)c2)c1. The summed E-state index contributed by atoms with van der Waals surface area (Å²) < 4.78 is 5.54. The molecule has 2 aromatic rings. The molecule has 0 amide bonds. The highest BCUT2D eigenvalue weighted by Crippen LogP contribution is 2.23. The first-order valence-corrected chi connectivity index (χ1v) is 7.30. The van der Waals surface area contributed by atoms with Crippen LogP contribution in [0.25, 0.3) is 0 Å². The molecule has 21 heavy (non-hydrogen) atoms. The van der Waals surface area contributed by atoms with Gasteiger partial charge in [-0.25, -0.2) is 0 Å². The molecule has 0 bridgehead atoms. The number of hydrogen-bond donors (Lipinski definition) is 0. The third kappa shape index (κ3) is 4.45. The van der Waals surface area contributed by atoms with Gasteiger partial charge in [0.1, 0.15) is 5.75 Å². The third-order valence-electron chi connectivity index (χ3n) is 2.76. The summed E-state index contributed by atoms with van der Waals surface area (Å²) in [6.45, 7) is 3.84. The summed E-state index contributed by atoms with van der Waals surface area (Å²) >= 11 is 11.8. The lowest BCUT2D eigenvalue weighted by molar-refractivity contribution is 0.0992. The maximum absolute atomic E-state index is 12.3. The molecule has 0 aliphatic heterocycles. The van der Waals surface area contributed by atoms with Gasteiger partial charge in [0.15, 0.2) is 5.78 Å². The van der Waals surface area contributed by atoms with Crippen LogP contribution in [0.4, 0.5) is 0 Å². The maximum atomic E-state index is 12.3.